The van der Waals surface area contributed by atoms with Crippen LogP contribution in [-0.2, 0) is 9.53 Å². The van der Waals surface area contributed by atoms with Gasteiger partial charge in [0.1, 0.15) is 22.2 Å². The number of ether oxygens (including phenoxy) is 1. The summed E-state index contributed by atoms with van der Waals surface area (Å²) in [6.07, 6.45) is -0.338. The van der Waals surface area contributed by atoms with Crippen molar-refractivity contribution in [2.75, 3.05) is 6.54 Å². The van der Waals surface area contributed by atoms with E-state index in [2.05, 4.69) is 29.4 Å². The molecule has 0 saturated heterocycles. The van der Waals surface area contributed by atoms with Crippen molar-refractivity contribution in [3.05, 3.63) is 63.3 Å². The average molecular weight is 470 g/mol. The van der Waals surface area contributed by atoms with Crippen LogP contribution in [0, 0.1) is 26.6 Å². The number of aliphatic imine (C=N–C) groups is 1. The standard InChI is InChI=1S/C24H28FN5O2S/c1-13-14(2)33-23-19(13)20(16-7-9-17(25)10-8-16)27-21(22-29-28-15(3)30(22)23)26-12-11-18(31)32-24(4,5)6/h7-10,21,26H,11-12H2,1-6H3. The third-order valence-electron chi connectivity index (χ3n) is 5.36. The van der Waals surface area contributed by atoms with E-state index in [-0.39, 0.29) is 18.2 Å². The molecule has 2 aromatic heterocycles. The maximum absolute atomic E-state index is 13.7. The van der Waals surface area contributed by atoms with E-state index in [1.165, 1.54) is 17.0 Å². The van der Waals surface area contributed by atoms with Crippen LogP contribution in [0.4, 0.5) is 4.39 Å². The predicted molar refractivity (Wildman–Crippen MR) is 127 cm³/mol. The second-order valence-electron chi connectivity index (χ2n) is 9.08. The molecular weight excluding hydrogens is 441 g/mol. The number of hydrogen-bond acceptors (Lipinski definition) is 7. The van der Waals surface area contributed by atoms with Gasteiger partial charge in [0.15, 0.2) is 12.0 Å². The second kappa shape index (κ2) is 8.79. The average Bonchev–Trinajstić information content (AvgIpc) is 3.19. The Morgan fingerprint density at radius 1 is 1.18 bits per heavy atom. The van der Waals surface area contributed by atoms with Crippen LogP contribution in [0.1, 0.15) is 66.6 Å². The highest BCUT2D eigenvalue weighted by molar-refractivity contribution is 7.15. The molecule has 0 spiro atoms. The number of carbonyl (C=O) groups excluding carboxylic acids is 1. The lowest BCUT2D eigenvalue weighted by Gasteiger charge is -2.20. The van der Waals surface area contributed by atoms with Gasteiger partial charge in [0, 0.05) is 22.5 Å². The fraction of sp³-hybridized carbons (Fsp3) is 0.417. The van der Waals surface area contributed by atoms with Crippen molar-refractivity contribution in [1.82, 2.24) is 20.1 Å². The van der Waals surface area contributed by atoms with Crippen LogP contribution in [0.3, 0.4) is 0 Å². The van der Waals surface area contributed by atoms with Gasteiger partial charge in [0.05, 0.1) is 12.1 Å². The number of hydrogen-bond donors (Lipinski definition) is 1. The Bertz CT molecular complexity index is 1220. The Labute approximate surface area is 196 Å². The van der Waals surface area contributed by atoms with Crippen LogP contribution in [0.25, 0.3) is 5.00 Å². The number of esters is 1. The van der Waals surface area contributed by atoms with Crippen molar-refractivity contribution in [3.8, 4) is 5.00 Å². The molecule has 174 valence electrons. The van der Waals surface area contributed by atoms with E-state index in [0.717, 1.165) is 33.2 Å². The van der Waals surface area contributed by atoms with E-state index in [1.54, 1.807) is 23.5 Å². The molecule has 4 rings (SSSR count). The van der Waals surface area contributed by atoms with Gasteiger partial charge in [-0.15, -0.1) is 21.5 Å². The summed E-state index contributed by atoms with van der Waals surface area (Å²) in [5, 5.41) is 13.0. The summed E-state index contributed by atoms with van der Waals surface area (Å²) < 4.78 is 21.1. The van der Waals surface area contributed by atoms with Gasteiger partial charge in [-0.05, 0) is 71.4 Å². The number of nitrogens with one attached hydrogen (secondary N) is 1. The van der Waals surface area contributed by atoms with E-state index in [4.69, 9.17) is 9.73 Å². The Hall–Kier alpha value is -2.91. The Morgan fingerprint density at radius 2 is 1.88 bits per heavy atom. The molecule has 0 amide bonds. The molecule has 0 aliphatic carbocycles. The zero-order chi connectivity index (χ0) is 23.9. The van der Waals surface area contributed by atoms with Crippen molar-refractivity contribution < 1.29 is 13.9 Å². The Balaban J connectivity index is 1.75. The highest BCUT2D eigenvalue weighted by atomic mass is 32.1. The molecular formula is C24H28FN5O2S. The molecule has 3 aromatic rings. The third kappa shape index (κ3) is 4.74. The number of aryl methyl sites for hydroxylation is 2. The molecule has 3 heterocycles. The number of aromatic nitrogens is 3. The van der Waals surface area contributed by atoms with Gasteiger partial charge in [-0.1, -0.05) is 0 Å². The van der Waals surface area contributed by atoms with Crippen LogP contribution >= 0.6 is 11.3 Å². The zero-order valence-electron chi connectivity index (χ0n) is 19.7. The van der Waals surface area contributed by atoms with Gasteiger partial charge < -0.3 is 4.74 Å². The topological polar surface area (TPSA) is 81.4 Å². The molecule has 0 bridgehead atoms. The molecule has 0 fully saturated rings. The number of fused-ring (bicyclic) bond motifs is 3. The number of thiophene rings is 1. The smallest absolute Gasteiger partial charge is 0.307 e. The zero-order valence-corrected chi connectivity index (χ0v) is 20.5. The summed E-state index contributed by atoms with van der Waals surface area (Å²) in [5.74, 6) is 0.819. The SMILES string of the molecule is Cc1sc2c(c1C)C(c1ccc(F)cc1)=NC(NCCC(=O)OC(C)(C)C)c1nnc(C)n1-2. The van der Waals surface area contributed by atoms with Crippen LogP contribution < -0.4 is 5.32 Å². The van der Waals surface area contributed by atoms with Crippen molar-refractivity contribution >= 4 is 23.0 Å². The minimum Gasteiger partial charge on any atom is -0.460 e. The minimum atomic E-state index is -0.534. The Morgan fingerprint density at radius 3 is 2.55 bits per heavy atom. The molecule has 1 N–H and O–H groups in total. The minimum absolute atomic E-state index is 0.197. The summed E-state index contributed by atoms with van der Waals surface area (Å²) >= 11 is 1.66. The normalized spacial score (nSPS) is 15.5. The number of nitrogens with zero attached hydrogens (tertiary/aromatic N) is 4. The second-order valence-corrected chi connectivity index (χ2v) is 10.3. The lowest BCUT2D eigenvalue weighted by atomic mass is 10.00. The molecule has 33 heavy (non-hydrogen) atoms. The van der Waals surface area contributed by atoms with Crippen molar-refractivity contribution in [1.29, 1.82) is 0 Å². The summed E-state index contributed by atoms with van der Waals surface area (Å²) in [6.45, 7) is 11.9. The molecule has 9 heteroatoms. The van der Waals surface area contributed by atoms with E-state index in [0.29, 0.717) is 12.4 Å². The molecule has 0 saturated carbocycles. The quantitative estimate of drug-likeness (QED) is 0.554. The summed E-state index contributed by atoms with van der Waals surface area (Å²) in [5.41, 5.74) is 3.14. The molecule has 1 atom stereocenters. The third-order valence-corrected chi connectivity index (χ3v) is 6.56. The van der Waals surface area contributed by atoms with Gasteiger partial charge in [0.2, 0.25) is 0 Å². The number of rotatable bonds is 5. The van der Waals surface area contributed by atoms with Crippen molar-refractivity contribution in [3.63, 3.8) is 0 Å². The molecule has 1 unspecified atom stereocenters. The van der Waals surface area contributed by atoms with Crippen molar-refractivity contribution in [2.45, 2.75) is 59.7 Å². The molecule has 0 radical (unpaired) electrons. The maximum Gasteiger partial charge on any atom is 0.307 e. The highest BCUT2D eigenvalue weighted by Crippen LogP contribution is 2.38. The molecule has 1 aromatic carbocycles. The van der Waals surface area contributed by atoms with E-state index >= 15 is 0 Å². The highest BCUT2D eigenvalue weighted by Gasteiger charge is 2.31. The fourth-order valence-electron chi connectivity index (χ4n) is 3.77. The first kappa shape index (κ1) is 23.3. The van der Waals surface area contributed by atoms with E-state index < -0.39 is 11.8 Å². The van der Waals surface area contributed by atoms with Crippen LogP contribution in [0.15, 0.2) is 29.3 Å². The number of benzene rings is 1. The van der Waals surface area contributed by atoms with Crippen LogP contribution in [-0.4, -0.2) is 38.6 Å². The largest absolute Gasteiger partial charge is 0.460 e. The lowest BCUT2D eigenvalue weighted by molar-refractivity contribution is -0.154. The first-order valence-electron chi connectivity index (χ1n) is 10.9. The first-order valence-corrected chi connectivity index (χ1v) is 11.7. The fourth-order valence-corrected chi connectivity index (χ4v) is 4.98. The lowest BCUT2D eigenvalue weighted by Crippen LogP contribution is -2.29. The summed E-state index contributed by atoms with van der Waals surface area (Å²) in [7, 11) is 0. The number of halogens is 1. The molecule has 1 aliphatic rings. The van der Waals surface area contributed by atoms with Crippen LogP contribution in [0.5, 0.6) is 0 Å². The van der Waals surface area contributed by atoms with E-state index in [1.807, 2.05) is 32.3 Å². The maximum atomic E-state index is 13.7. The monoisotopic (exact) mass is 469 g/mol. The molecule has 1 aliphatic heterocycles. The van der Waals surface area contributed by atoms with Crippen LogP contribution in [0.2, 0.25) is 0 Å². The predicted octanol–water partition coefficient (Wildman–Crippen LogP) is 4.56. The van der Waals surface area contributed by atoms with Gasteiger partial charge in [-0.25, -0.2) is 4.39 Å². The van der Waals surface area contributed by atoms with Gasteiger partial charge >= 0.3 is 5.97 Å². The van der Waals surface area contributed by atoms with Gasteiger partial charge in [0.25, 0.3) is 0 Å². The summed E-state index contributed by atoms with van der Waals surface area (Å²) in [6, 6.07) is 6.35. The number of carbonyl (C=O) groups is 1. The first-order chi connectivity index (χ1) is 15.5. The van der Waals surface area contributed by atoms with Crippen molar-refractivity contribution in [2.24, 2.45) is 4.99 Å². The van der Waals surface area contributed by atoms with Gasteiger partial charge in [-0.2, -0.15) is 0 Å². The molecule has 7 nitrogen and oxygen atoms in total. The summed E-state index contributed by atoms with van der Waals surface area (Å²) in [4.78, 5) is 18.4. The Kier molecular flexibility index (Phi) is 6.20. The van der Waals surface area contributed by atoms with E-state index in [9.17, 15) is 9.18 Å². The van der Waals surface area contributed by atoms with Gasteiger partial charge in [-0.3, -0.25) is 19.7 Å².